The van der Waals surface area contributed by atoms with Gasteiger partial charge in [-0.3, -0.25) is 4.79 Å². The van der Waals surface area contributed by atoms with E-state index < -0.39 is 5.82 Å². The molecule has 0 radical (unpaired) electrons. The minimum Gasteiger partial charge on any atom is -0.324 e. The number of unbranched alkanes of at least 4 members (excludes halogenated alkanes) is 1. The van der Waals surface area contributed by atoms with Gasteiger partial charge in [-0.05, 0) is 62.4 Å². The van der Waals surface area contributed by atoms with Crippen molar-refractivity contribution >= 4 is 33.1 Å². The number of benzene rings is 2. The zero-order valence-corrected chi connectivity index (χ0v) is 19.2. The number of halogens is 1. The van der Waals surface area contributed by atoms with Gasteiger partial charge in [0.2, 0.25) is 5.91 Å². The highest BCUT2D eigenvalue weighted by molar-refractivity contribution is 7.18. The molecular formula is C25H26FN5OS. The van der Waals surface area contributed by atoms with Gasteiger partial charge in [0.25, 0.3) is 0 Å². The molecule has 1 N–H and O–H groups in total. The average molecular weight is 464 g/mol. The molecule has 1 aliphatic rings. The smallest absolute Gasteiger partial charge is 0.224 e. The number of carbonyl (C=O) groups is 1. The molecule has 0 fully saturated rings. The molecule has 3 heterocycles. The number of amides is 1. The number of para-hydroxylation sites is 1. The maximum atomic E-state index is 14.4. The highest BCUT2D eigenvalue weighted by Crippen LogP contribution is 2.27. The summed E-state index contributed by atoms with van der Waals surface area (Å²) >= 11 is 1.70. The Balaban J connectivity index is 1.18. The summed E-state index contributed by atoms with van der Waals surface area (Å²) in [6.45, 7) is 0.866. The van der Waals surface area contributed by atoms with Crippen LogP contribution in [0.15, 0.2) is 42.5 Å². The minimum atomic E-state index is -0.447. The van der Waals surface area contributed by atoms with Crippen molar-refractivity contribution in [1.82, 2.24) is 19.7 Å². The van der Waals surface area contributed by atoms with Crippen molar-refractivity contribution < 1.29 is 9.18 Å². The molecule has 2 aromatic carbocycles. The van der Waals surface area contributed by atoms with Crippen LogP contribution in [0.1, 0.15) is 49.4 Å². The topological polar surface area (TPSA) is 72.7 Å². The molecule has 5 rings (SSSR count). The van der Waals surface area contributed by atoms with Crippen molar-refractivity contribution in [3.8, 4) is 11.4 Å². The van der Waals surface area contributed by atoms with Gasteiger partial charge in [-0.15, -0.1) is 21.5 Å². The predicted molar refractivity (Wildman–Crippen MR) is 129 cm³/mol. The summed E-state index contributed by atoms with van der Waals surface area (Å²) in [7, 11) is 0. The summed E-state index contributed by atoms with van der Waals surface area (Å²) in [5.74, 6) is 1.08. The predicted octanol–water partition coefficient (Wildman–Crippen LogP) is 5.77. The first-order chi connectivity index (χ1) is 16.2. The summed E-state index contributed by atoms with van der Waals surface area (Å²) in [4.78, 5) is 17.1. The van der Waals surface area contributed by atoms with E-state index in [0.717, 1.165) is 72.8 Å². The van der Waals surface area contributed by atoms with Gasteiger partial charge >= 0.3 is 0 Å². The molecule has 33 heavy (non-hydrogen) atoms. The normalized spacial score (nSPS) is 13.6. The number of hydrogen-bond donors (Lipinski definition) is 1. The van der Waals surface area contributed by atoms with Crippen LogP contribution in [0.3, 0.4) is 0 Å². The van der Waals surface area contributed by atoms with Crippen LogP contribution in [0.2, 0.25) is 0 Å². The van der Waals surface area contributed by atoms with Gasteiger partial charge in [-0.25, -0.2) is 9.37 Å². The number of rotatable bonds is 7. The monoisotopic (exact) mass is 463 g/mol. The van der Waals surface area contributed by atoms with Crippen LogP contribution in [-0.2, 0) is 24.2 Å². The van der Waals surface area contributed by atoms with Crippen molar-refractivity contribution in [2.75, 3.05) is 5.32 Å². The van der Waals surface area contributed by atoms with E-state index >= 15 is 0 Å². The van der Waals surface area contributed by atoms with Crippen molar-refractivity contribution in [3.05, 3.63) is 59.1 Å². The van der Waals surface area contributed by atoms with Gasteiger partial charge in [0.1, 0.15) is 11.6 Å². The first-order valence-electron chi connectivity index (χ1n) is 11.5. The zero-order valence-electron chi connectivity index (χ0n) is 18.4. The molecule has 4 aromatic rings. The van der Waals surface area contributed by atoms with Crippen LogP contribution in [-0.4, -0.2) is 25.7 Å². The van der Waals surface area contributed by atoms with Crippen LogP contribution in [0.4, 0.5) is 10.1 Å². The molecule has 0 aliphatic carbocycles. The summed E-state index contributed by atoms with van der Waals surface area (Å²) in [5, 5.41) is 12.5. The van der Waals surface area contributed by atoms with E-state index in [4.69, 9.17) is 0 Å². The lowest BCUT2D eigenvalue weighted by Gasteiger charge is -2.10. The van der Waals surface area contributed by atoms with Crippen molar-refractivity contribution in [2.24, 2.45) is 0 Å². The van der Waals surface area contributed by atoms with Crippen LogP contribution >= 0.6 is 11.3 Å². The lowest BCUT2D eigenvalue weighted by Crippen LogP contribution is -2.12. The zero-order chi connectivity index (χ0) is 22.6. The molecule has 1 aliphatic heterocycles. The first kappa shape index (κ1) is 21.7. The Morgan fingerprint density at radius 1 is 1.09 bits per heavy atom. The third kappa shape index (κ3) is 4.95. The lowest BCUT2D eigenvalue weighted by molar-refractivity contribution is -0.116. The Kier molecular flexibility index (Phi) is 6.44. The quantitative estimate of drug-likeness (QED) is 0.353. The summed E-state index contributed by atoms with van der Waals surface area (Å²) in [6, 6.07) is 12.8. The molecule has 1 amide bonds. The number of aryl methyl sites for hydroxylation is 2. The molecule has 2 aromatic heterocycles. The molecule has 6 nitrogen and oxygen atoms in total. The maximum Gasteiger partial charge on any atom is 0.224 e. The average Bonchev–Trinajstić information content (AvgIpc) is 3.34. The third-order valence-electron chi connectivity index (χ3n) is 5.99. The number of anilines is 1. The van der Waals surface area contributed by atoms with E-state index in [0.29, 0.717) is 6.42 Å². The lowest BCUT2D eigenvalue weighted by atomic mass is 10.1. The molecule has 0 atom stereocenters. The van der Waals surface area contributed by atoms with Crippen LogP contribution < -0.4 is 5.32 Å². The maximum absolute atomic E-state index is 14.4. The van der Waals surface area contributed by atoms with Crippen molar-refractivity contribution in [1.29, 1.82) is 0 Å². The van der Waals surface area contributed by atoms with E-state index in [-0.39, 0.29) is 11.6 Å². The Hall–Kier alpha value is -3.13. The van der Waals surface area contributed by atoms with Crippen LogP contribution in [0, 0.1) is 5.82 Å². The van der Waals surface area contributed by atoms with Gasteiger partial charge < -0.3 is 9.88 Å². The second-order valence-electron chi connectivity index (χ2n) is 8.43. The molecular weight excluding hydrogens is 437 g/mol. The van der Waals surface area contributed by atoms with Gasteiger partial charge in [0.15, 0.2) is 5.82 Å². The Labute approximate surface area is 195 Å². The Morgan fingerprint density at radius 3 is 2.91 bits per heavy atom. The van der Waals surface area contributed by atoms with Crippen LogP contribution in [0.25, 0.3) is 21.6 Å². The number of hydrogen-bond acceptors (Lipinski definition) is 5. The number of fused-ring (bicyclic) bond motifs is 2. The van der Waals surface area contributed by atoms with Gasteiger partial charge in [-0.2, -0.15) is 0 Å². The fraction of sp³-hybridized carbons (Fsp3) is 0.360. The summed E-state index contributed by atoms with van der Waals surface area (Å²) in [6.07, 6.45) is 7.05. The minimum absolute atomic E-state index is 0.185. The number of thiazole rings is 1. The summed E-state index contributed by atoms with van der Waals surface area (Å²) in [5.41, 5.74) is 1.98. The standard InChI is InChI=1S/C25H26FN5OS/c26-18-14-13-17(25-30-29-22-10-2-1-7-15-31(22)25)16-20(18)27-23(32)11-5-6-12-24-28-19-8-3-4-9-21(19)33-24/h3-4,8-9,13-14,16H,1-2,5-7,10-12,15H2,(H,27,32). The molecule has 0 bridgehead atoms. The van der Waals surface area contributed by atoms with E-state index in [2.05, 4.69) is 31.1 Å². The third-order valence-corrected chi connectivity index (χ3v) is 7.09. The van der Waals surface area contributed by atoms with E-state index in [1.54, 1.807) is 23.5 Å². The molecule has 170 valence electrons. The number of carbonyl (C=O) groups excluding carboxylic acids is 1. The van der Waals surface area contributed by atoms with Crippen molar-refractivity contribution in [3.63, 3.8) is 0 Å². The molecule has 0 saturated heterocycles. The molecule has 0 saturated carbocycles. The van der Waals surface area contributed by atoms with Gasteiger partial charge in [0, 0.05) is 24.9 Å². The fourth-order valence-electron chi connectivity index (χ4n) is 4.26. The second kappa shape index (κ2) is 9.79. The van der Waals surface area contributed by atoms with E-state index in [9.17, 15) is 9.18 Å². The van der Waals surface area contributed by atoms with E-state index in [1.807, 2.05) is 18.2 Å². The number of nitrogens with one attached hydrogen (secondary N) is 1. The van der Waals surface area contributed by atoms with Crippen LogP contribution in [0.5, 0.6) is 0 Å². The SMILES string of the molecule is O=C(CCCCc1nc2ccccc2s1)Nc1cc(-c2nnc3n2CCCCC3)ccc1F. The highest BCUT2D eigenvalue weighted by atomic mass is 32.1. The fourth-order valence-corrected chi connectivity index (χ4v) is 5.27. The number of nitrogens with zero attached hydrogens (tertiary/aromatic N) is 4. The van der Waals surface area contributed by atoms with Crippen molar-refractivity contribution in [2.45, 2.75) is 57.9 Å². The highest BCUT2D eigenvalue weighted by Gasteiger charge is 2.17. The summed E-state index contributed by atoms with van der Waals surface area (Å²) < 4.78 is 17.7. The molecule has 0 unspecified atom stereocenters. The first-order valence-corrected chi connectivity index (χ1v) is 12.4. The van der Waals surface area contributed by atoms with Gasteiger partial charge in [0.05, 0.1) is 20.9 Å². The second-order valence-corrected chi connectivity index (χ2v) is 9.54. The largest absolute Gasteiger partial charge is 0.324 e. The van der Waals surface area contributed by atoms with E-state index in [1.165, 1.54) is 17.2 Å². The molecule has 8 heteroatoms. The number of aromatic nitrogens is 4. The Morgan fingerprint density at radius 2 is 2.00 bits per heavy atom. The Bertz CT molecular complexity index is 1250. The molecule has 0 spiro atoms. The van der Waals surface area contributed by atoms with Gasteiger partial charge in [-0.1, -0.05) is 18.6 Å².